The molecule has 202 valence electrons. The molecule has 2 atom stereocenters. The summed E-state index contributed by atoms with van der Waals surface area (Å²) in [6.07, 6.45) is -3.10. The quantitative estimate of drug-likeness (QED) is 0.213. The van der Waals surface area contributed by atoms with E-state index in [1.165, 1.54) is 35.4 Å². The number of benzene rings is 1. The third-order valence-electron chi connectivity index (χ3n) is 6.13. The van der Waals surface area contributed by atoms with E-state index in [0.717, 1.165) is 6.20 Å². The largest absolute Gasteiger partial charge is 0.491 e. The number of rotatable bonds is 8. The van der Waals surface area contributed by atoms with Crippen LogP contribution in [0, 0.1) is 5.82 Å². The van der Waals surface area contributed by atoms with Crippen LogP contribution in [0.4, 0.5) is 28.2 Å². The third-order valence-corrected chi connectivity index (χ3v) is 6.13. The summed E-state index contributed by atoms with van der Waals surface area (Å²) in [7, 11) is 0. The van der Waals surface area contributed by atoms with Crippen molar-refractivity contribution in [2.45, 2.75) is 38.0 Å². The van der Waals surface area contributed by atoms with E-state index in [1.807, 2.05) is 0 Å². The molecule has 0 radical (unpaired) electrons. The van der Waals surface area contributed by atoms with Gasteiger partial charge in [0.05, 0.1) is 29.6 Å². The first kappa shape index (κ1) is 27.0. The first-order valence-electron chi connectivity index (χ1n) is 11.8. The van der Waals surface area contributed by atoms with E-state index in [2.05, 4.69) is 25.8 Å². The molecule has 0 unspecified atom stereocenters. The Hall–Kier alpha value is -4.00. The average molecular weight is 535 g/mol. The van der Waals surface area contributed by atoms with Gasteiger partial charge in [-0.2, -0.15) is 18.3 Å². The number of hydrogen-bond donors (Lipinski definition) is 3. The minimum absolute atomic E-state index is 0.0693. The molecule has 2 aromatic heterocycles. The maximum atomic E-state index is 14.0. The number of nitrogens with one attached hydrogen (secondary N) is 2. The number of hydrogen-bond acceptors (Lipinski definition) is 7. The van der Waals surface area contributed by atoms with Gasteiger partial charge in [-0.3, -0.25) is 10.3 Å². The molecule has 1 aliphatic heterocycles. The minimum Gasteiger partial charge on any atom is -0.491 e. The van der Waals surface area contributed by atoms with Crippen molar-refractivity contribution in [3.8, 4) is 5.75 Å². The molecule has 1 saturated heterocycles. The zero-order chi connectivity index (χ0) is 27.5. The first-order valence-corrected chi connectivity index (χ1v) is 11.8. The van der Waals surface area contributed by atoms with Crippen LogP contribution in [0.25, 0.3) is 10.9 Å². The smallest absolute Gasteiger partial charge is 0.408 e. The van der Waals surface area contributed by atoms with Gasteiger partial charge < -0.3 is 15.2 Å². The predicted molar refractivity (Wildman–Crippen MR) is 133 cm³/mol. The average Bonchev–Trinajstić information content (AvgIpc) is 3.20. The van der Waals surface area contributed by atoms with Gasteiger partial charge >= 0.3 is 12.3 Å². The van der Waals surface area contributed by atoms with Crippen LogP contribution in [-0.2, 0) is 0 Å². The minimum atomic E-state index is -4.59. The van der Waals surface area contributed by atoms with Gasteiger partial charge in [0.15, 0.2) is 11.6 Å². The lowest BCUT2D eigenvalue weighted by molar-refractivity contribution is -0.184. The van der Waals surface area contributed by atoms with Crippen LogP contribution in [0.15, 0.2) is 47.7 Å². The van der Waals surface area contributed by atoms with Gasteiger partial charge in [0, 0.05) is 30.7 Å². The summed E-state index contributed by atoms with van der Waals surface area (Å²) < 4.78 is 61.2. The third kappa shape index (κ3) is 6.28. The maximum absolute atomic E-state index is 14.0. The second-order valence-corrected chi connectivity index (χ2v) is 9.15. The summed E-state index contributed by atoms with van der Waals surface area (Å²) in [6.45, 7) is 3.62. The van der Waals surface area contributed by atoms with Gasteiger partial charge in [-0.05, 0) is 44.0 Å². The monoisotopic (exact) mass is 534 g/mol. The topological polar surface area (TPSA) is 112 Å². The number of carboxylic acid groups (broad SMARTS) is 1. The molecule has 0 saturated carbocycles. The van der Waals surface area contributed by atoms with Crippen LogP contribution in [0.2, 0.25) is 0 Å². The van der Waals surface area contributed by atoms with Gasteiger partial charge in [0.25, 0.3) is 0 Å². The molecule has 3 N–H and O–H groups in total. The van der Waals surface area contributed by atoms with Crippen molar-refractivity contribution in [2.75, 3.05) is 25.1 Å². The van der Waals surface area contributed by atoms with E-state index in [-0.39, 0.29) is 36.6 Å². The summed E-state index contributed by atoms with van der Waals surface area (Å²) in [4.78, 5) is 20.7. The number of carbonyl (C=O) groups is 1. The van der Waals surface area contributed by atoms with Crippen molar-refractivity contribution in [2.24, 2.45) is 5.10 Å². The molecule has 4 rings (SSSR count). The fourth-order valence-corrected chi connectivity index (χ4v) is 4.46. The van der Waals surface area contributed by atoms with Crippen molar-refractivity contribution >= 4 is 29.0 Å². The Kier molecular flexibility index (Phi) is 7.67. The normalized spacial score (nSPS) is 19.1. The number of halogens is 4. The molecule has 3 heterocycles. The number of nitrogens with zero attached hydrogens (tertiary/aromatic N) is 4. The van der Waals surface area contributed by atoms with Crippen LogP contribution < -0.4 is 15.5 Å². The van der Waals surface area contributed by atoms with Crippen molar-refractivity contribution in [1.29, 1.82) is 0 Å². The lowest BCUT2D eigenvalue weighted by Gasteiger charge is -2.31. The van der Waals surface area contributed by atoms with Gasteiger partial charge in [-0.15, -0.1) is 0 Å². The van der Waals surface area contributed by atoms with Crippen molar-refractivity contribution in [3.05, 3.63) is 59.7 Å². The highest BCUT2D eigenvalue weighted by molar-refractivity contribution is 5.86. The van der Waals surface area contributed by atoms with Crippen LogP contribution in [0.5, 0.6) is 5.75 Å². The summed E-state index contributed by atoms with van der Waals surface area (Å²) in [5, 5.41) is 15.9. The fourth-order valence-electron chi connectivity index (χ4n) is 4.46. The lowest BCUT2D eigenvalue weighted by Crippen LogP contribution is -2.48. The Bertz CT molecular complexity index is 1340. The highest BCUT2D eigenvalue weighted by atomic mass is 19.4. The Labute approximate surface area is 215 Å². The van der Waals surface area contributed by atoms with E-state index in [0.29, 0.717) is 23.2 Å². The Morgan fingerprint density at radius 2 is 2.11 bits per heavy atom. The lowest BCUT2D eigenvalue weighted by atomic mass is 10.0. The number of anilines is 1. The number of likely N-dealkylation sites (tertiary alicyclic amines) is 1. The zero-order valence-electron chi connectivity index (χ0n) is 20.6. The number of ether oxygens (including phenoxy) is 1. The van der Waals surface area contributed by atoms with Crippen LogP contribution in [0.3, 0.4) is 0 Å². The molecule has 0 aliphatic carbocycles. The fraction of sp³-hybridized carbons (Fsp3) is 0.360. The maximum Gasteiger partial charge on any atom is 0.408 e. The molecule has 1 amide bonds. The molecule has 1 aromatic carbocycles. The van der Waals surface area contributed by atoms with E-state index < -0.39 is 29.7 Å². The molecular weight excluding hydrogens is 508 g/mol. The number of hydrazone groups is 1. The molecule has 38 heavy (non-hydrogen) atoms. The first-order chi connectivity index (χ1) is 18.0. The number of pyridine rings is 2. The standard InChI is InChI=1S/C25H26F4N6O3/c1-3-38-20-11-19-15(10-18(20)26)4-6-17(32-19)13-31-34-21-7-5-16(12-30-21)22(25(27,28)29)35-9-8-24(2,14-35)33-23(36)37/h4-7,10-13,22,33H,3,8-9,14H2,1-2H3,(H,30,34)(H,36,37)/b31-13+/t22-,24-/m0/s1. The molecule has 0 bridgehead atoms. The van der Waals surface area contributed by atoms with Gasteiger partial charge in [0.1, 0.15) is 11.9 Å². The van der Waals surface area contributed by atoms with E-state index >= 15 is 0 Å². The number of fused-ring (bicyclic) bond motifs is 1. The number of alkyl halides is 3. The number of amides is 1. The van der Waals surface area contributed by atoms with Crippen LogP contribution in [0.1, 0.15) is 37.6 Å². The van der Waals surface area contributed by atoms with E-state index in [1.54, 1.807) is 26.0 Å². The summed E-state index contributed by atoms with van der Waals surface area (Å²) in [5.41, 5.74) is 2.58. The van der Waals surface area contributed by atoms with Crippen molar-refractivity contribution in [1.82, 2.24) is 20.2 Å². The zero-order valence-corrected chi connectivity index (χ0v) is 20.6. The highest BCUT2D eigenvalue weighted by Gasteiger charge is 2.49. The SMILES string of the molecule is CCOc1cc2nc(/C=N/Nc3ccc([C@H](N4CC[C@](C)(NC(=O)O)C4)C(F)(F)F)cn3)ccc2cc1F. The highest BCUT2D eigenvalue weighted by Crippen LogP contribution is 2.41. The molecule has 13 heteroatoms. The molecule has 9 nitrogen and oxygen atoms in total. The predicted octanol–water partition coefficient (Wildman–Crippen LogP) is 4.95. The van der Waals surface area contributed by atoms with Crippen molar-refractivity contribution in [3.63, 3.8) is 0 Å². The molecule has 3 aromatic rings. The second-order valence-electron chi connectivity index (χ2n) is 9.15. The van der Waals surface area contributed by atoms with E-state index in [4.69, 9.17) is 9.84 Å². The van der Waals surface area contributed by atoms with Crippen molar-refractivity contribution < 1.29 is 32.2 Å². The van der Waals surface area contributed by atoms with Gasteiger partial charge in [-0.1, -0.05) is 12.1 Å². The van der Waals surface area contributed by atoms with E-state index in [9.17, 15) is 22.4 Å². The summed E-state index contributed by atoms with van der Waals surface area (Å²) in [5.74, 6) is -0.175. The molecule has 0 spiro atoms. The molecule has 1 aliphatic rings. The summed E-state index contributed by atoms with van der Waals surface area (Å²) in [6, 6.07) is 6.90. The van der Waals surface area contributed by atoms with Gasteiger partial charge in [0.2, 0.25) is 0 Å². The number of aromatic nitrogens is 2. The van der Waals surface area contributed by atoms with Crippen LogP contribution in [-0.4, -0.2) is 63.7 Å². The Balaban J connectivity index is 1.45. The molecular formula is C25H26F4N6O3. The Morgan fingerprint density at radius 3 is 2.76 bits per heavy atom. The second kappa shape index (κ2) is 10.8. The Morgan fingerprint density at radius 1 is 1.32 bits per heavy atom. The van der Waals surface area contributed by atoms with Gasteiger partial charge in [-0.25, -0.2) is 19.2 Å². The molecule has 1 fully saturated rings. The summed E-state index contributed by atoms with van der Waals surface area (Å²) >= 11 is 0. The van der Waals surface area contributed by atoms with Crippen LogP contribution >= 0.6 is 0 Å².